The number of aromatic amines is 1. The predicted molar refractivity (Wildman–Crippen MR) is 53.2 cm³/mol. The van der Waals surface area contributed by atoms with Crippen LogP contribution in [-0.2, 0) is 11.1 Å². The standard InChI is InChI=1S/C7H4F2N2O2S.CH4O/c8-3-1-5-6(2-4(3)9)11-7(10-5)14(12)13;1-2/h1-2H,(H,10,11)(H,12,13);2H,1H3. The van der Waals surface area contributed by atoms with Crippen LogP contribution in [0.3, 0.4) is 0 Å². The van der Waals surface area contributed by atoms with Crippen molar-refractivity contribution in [3.63, 3.8) is 0 Å². The van der Waals surface area contributed by atoms with Crippen LogP contribution in [0.2, 0.25) is 0 Å². The Labute approximate surface area is 91.4 Å². The molecule has 0 saturated carbocycles. The van der Waals surface area contributed by atoms with Gasteiger partial charge in [-0.05, 0) is 0 Å². The van der Waals surface area contributed by atoms with Gasteiger partial charge < -0.3 is 10.1 Å². The second-order valence-corrected chi connectivity index (χ2v) is 3.46. The van der Waals surface area contributed by atoms with E-state index in [0.717, 1.165) is 19.2 Å². The van der Waals surface area contributed by atoms with Crippen LogP contribution in [0, 0.1) is 11.6 Å². The van der Waals surface area contributed by atoms with Crippen LogP contribution in [0.5, 0.6) is 0 Å². The van der Waals surface area contributed by atoms with Crippen molar-refractivity contribution in [3.8, 4) is 0 Å². The lowest BCUT2D eigenvalue weighted by atomic mass is 10.3. The molecule has 2 rings (SSSR count). The van der Waals surface area contributed by atoms with Gasteiger partial charge in [-0.3, -0.25) is 4.55 Å². The third-order valence-electron chi connectivity index (χ3n) is 1.67. The molecule has 8 heteroatoms. The second kappa shape index (κ2) is 5.10. The zero-order valence-electron chi connectivity index (χ0n) is 8.07. The van der Waals surface area contributed by atoms with Crippen LogP contribution in [0.15, 0.2) is 17.3 Å². The molecule has 88 valence electrons. The lowest BCUT2D eigenvalue weighted by molar-refractivity contribution is 0.399. The SMILES string of the molecule is CO.O=S(O)c1nc2cc(F)c(F)cc2[nH]1. The number of benzene rings is 1. The van der Waals surface area contributed by atoms with Crippen molar-refractivity contribution in [2.24, 2.45) is 0 Å². The van der Waals surface area contributed by atoms with E-state index < -0.39 is 22.7 Å². The van der Waals surface area contributed by atoms with Gasteiger partial charge in [0.25, 0.3) is 0 Å². The first-order valence-electron chi connectivity index (χ1n) is 3.98. The molecule has 0 aliphatic heterocycles. The summed E-state index contributed by atoms with van der Waals surface area (Å²) in [5, 5.41) is 6.77. The van der Waals surface area contributed by atoms with Crippen molar-refractivity contribution < 1.29 is 22.6 Å². The van der Waals surface area contributed by atoms with Crippen LogP contribution in [0.1, 0.15) is 0 Å². The summed E-state index contributed by atoms with van der Waals surface area (Å²) in [5.41, 5.74) is 0.294. The zero-order chi connectivity index (χ0) is 12.3. The molecule has 0 spiro atoms. The fourth-order valence-corrected chi connectivity index (χ4v) is 1.44. The van der Waals surface area contributed by atoms with Gasteiger partial charge in [0.1, 0.15) is 0 Å². The molecule has 5 nitrogen and oxygen atoms in total. The lowest BCUT2D eigenvalue weighted by Gasteiger charge is -1.90. The Hall–Kier alpha value is -1.38. The highest BCUT2D eigenvalue weighted by atomic mass is 32.2. The number of halogens is 2. The van der Waals surface area contributed by atoms with Gasteiger partial charge in [-0.25, -0.2) is 18.0 Å². The van der Waals surface area contributed by atoms with Crippen molar-refractivity contribution in [1.82, 2.24) is 9.97 Å². The number of nitrogens with one attached hydrogen (secondary N) is 1. The summed E-state index contributed by atoms with van der Waals surface area (Å²) < 4.78 is 44.6. The second-order valence-electron chi connectivity index (χ2n) is 2.57. The van der Waals surface area contributed by atoms with Gasteiger partial charge in [0.2, 0.25) is 16.2 Å². The van der Waals surface area contributed by atoms with Crippen molar-refractivity contribution in [1.29, 1.82) is 0 Å². The van der Waals surface area contributed by atoms with E-state index in [1.807, 2.05) is 0 Å². The molecule has 3 N–H and O–H groups in total. The minimum atomic E-state index is -2.29. The average Bonchev–Trinajstić information content (AvgIpc) is 2.65. The highest BCUT2D eigenvalue weighted by Crippen LogP contribution is 2.17. The van der Waals surface area contributed by atoms with Crippen LogP contribution >= 0.6 is 0 Å². The number of aromatic nitrogens is 2. The maximum Gasteiger partial charge on any atom is 0.225 e. The average molecular weight is 250 g/mol. The largest absolute Gasteiger partial charge is 0.400 e. The Kier molecular flexibility index (Phi) is 4.05. The van der Waals surface area contributed by atoms with Crippen molar-refractivity contribution >= 4 is 22.1 Å². The highest BCUT2D eigenvalue weighted by Gasteiger charge is 2.10. The van der Waals surface area contributed by atoms with E-state index in [2.05, 4.69) is 9.97 Å². The third kappa shape index (κ3) is 2.40. The van der Waals surface area contributed by atoms with Crippen molar-refractivity contribution in [3.05, 3.63) is 23.8 Å². The van der Waals surface area contributed by atoms with Crippen molar-refractivity contribution in [2.75, 3.05) is 7.11 Å². The number of rotatable bonds is 1. The number of nitrogens with zero attached hydrogens (tertiary/aromatic N) is 1. The molecule has 0 amide bonds. The smallest absolute Gasteiger partial charge is 0.225 e. The number of hydrogen-bond donors (Lipinski definition) is 3. The van der Waals surface area contributed by atoms with Crippen LogP contribution in [0.25, 0.3) is 11.0 Å². The molecule has 0 aliphatic carbocycles. The predicted octanol–water partition coefficient (Wildman–Crippen LogP) is 1.03. The molecule has 0 radical (unpaired) electrons. The number of hydrogen-bond acceptors (Lipinski definition) is 3. The van der Waals surface area contributed by atoms with E-state index in [9.17, 15) is 13.0 Å². The number of H-pyrrole nitrogens is 1. The van der Waals surface area contributed by atoms with Gasteiger partial charge in [0, 0.05) is 19.2 Å². The molecule has 0 fully saturated rings. The van der Waals surface area contributed by atoms with Gasteiger partial charge in [-0.2, -0.15) is 0 Å². The van der Waals surface area contributed by atoms with Crippen LogP contribution in [-0.4, -0.2) is 30.9 Å². The molecule has 1 aromatic heterocycles. The normalized spacial score (nSPS) is 12.1. The molecule has 0 saturated heterocycles. The monoisotopic (exact) mass is 250 g/mol. The minimum Gasteiger partial charge on any atom is -0.400 e. The zero-order valence-corrected chi connectivity index (χ0v) is 8.89. The van der Waals surface area contributed by atoms with E-state index >= 15 is 0 Å². The summed E-state index contributed by atoms with van der Waals surface area (Å²) in [7, 11) is 1.00. The Morgan fingerprint density at radius 1 is 1.31 bits per heavy atom. The Morgan fingerprint density at radius 3 is 2.44 bits per heavy atom. The van der Waals surface area contributed by atoms with Crippen molar-refractivity contribution in [2.45, 2.75) is 5.16 Å². The van der Waals surface area contributed by atoms with E-state index in [1.54, 1.807) is 0 Å². The fourth-order valence-electron chi connectivity index (χ4n) is 1.06. The molecule has 1 unspecified atom stereocenters. The van der Waals surface area contributed by atoms with Crippen LogP contribution < -0.4 is 0 Å². The summed E-state index contributed by atoms with van der Waals surface area (Å²) in [6.07, 6.45) is 0. The molecule has 0 aliphatic rings. The third-order valence-corrected chi connectivity index (χ3v) is 2.19. The van der Waals surface area contributed by atoms with Gasteiger partial charge >= 0.3 is 0 Å². The lowest BCUT2D eigenvalue weighted by Crippen LogP contribution is -1.89. The number of aliphatic hydroxyl groups excluding tert-OH is 1. The van der Waals surface area contributed by atoms with Gasteiger partial charge in [-0.1, -0.05) is 0 Å². The highest BCUT2D eigenvalue weighted by molar-refractivity contribution is 7.79. The molecule has 0 bridgehead atoms. The number of aliphatic hydroxyl groups is 1. The maximum atomic E-state index is 12.7. The first kappa shape index (κ1) is 12.7. The molecule has 1 aromatic carbocycles. The van der Waals surface area contributed by atoms with E-state index in [0.29, 0.717) is 0 Å². The van der Waals surface area contributed by atoms with Gasteiger partial charge in [0.15, 0.2) is 11.6 Å². The quantitative estimate of drug-likeness (QED) is 0.660. The summed E-state index contributed by atoms with van der Waals surface area (Å²) in [6.45, 7) is 0. The molecular formula is C8H8F2N2O3S. The maximum absolute atomic E-state index is 12.7. The fraction of sp³-hybridized carbons (Fsp3) is 0.125. The molecule has 2 aromatic rings. The molecule has 1 heterocycles. The summed E-state index contributed by atoms with van der Waals surface area (Å²) in [6, 6.07) is 1.74. The molecule has 1 atom stereocenters. The minimum absolute atomic E-state index is 0.112. The first-order valence-corrected chi connectivity index (χ1v) is 5.09. The van der Waals surface area contributed by atoms with Gasteiger partial charge in [0.05, 0.1) is 11.0 Å². The Morgan fingerprint density at radius 2 is 1.88 bits per heavy atom. The summed E-state index contributed by atoms with van der Waals surface area (Å²) in [5.74, 6) is -2.07. The number of fused-ring (bicyclic) bond motifs is 1. The van der Waals surface area contributed by atoms with Crippen LogP contribution in [0.4, 0.5) is 8.78 Å². The Balaban J connectivity index is 0.000000606. The molecular weight excluding hydrogens is 242 g/mol. The Bertz CT molecular complexity index is 490. The van der Waals surface area contributed by atoms with E-state index in [1.165, 1.54) is 0 Å². The summed E-state index contributed by atoms with van der Waals surface area (Å²) >= 11 is -2.29. The summed E-state index contributed by atoms with van der Waals surface area (Å²) in [4.78, 5) is 6.00. The van der Waals surface area contributed by atoms with E-state index in [-0.39, 0.29) is 16.2 Å². The number of imidazole rings is 1. The molecule has 16 heavy (non-hydrogen) atoms. The van der Waals surface area contributed by atoms with E-state index in [4.69, 9.17) is 9.66 Å². The first-order chi connectivity index (χ1) is 7.58. The topological polar surface area (TPSA) is 86.2 Å². The van der Waals surface area contributed by atoms with Gasteiger partial charge in [-0.15, -0.1) is 0 Å².